The lowest BCUT2D eigenvalue weighted by Crippen LogP contribution is -2.31. The van der Waals surface area contributed by atoms with E-state index in [1.165, 1.54) is 0 Å². The zero-order chi connectivity index (χ0) is 14.5. The van der Waals surface area contributed by atoms with Gasteiger partial charge in [-0.05, 0) is 17.0 Å². The maximum atomic E-state index is 12.2. The van der Waals surface area contributed by atoms with Crippen LogP contribution in [0.4, 0.5) is 0 Å². The molecule has 0 bridgehead atoms. The topological polar surface area (TPSA) is 46.9 Å². The Labute approximate surface area is 127 Å². The third-order valence-corrected chi connectivity index (χ3v) is 4.09. The lowest BCUT2D eigenvalue weighted by Gasteiger charge is -2.18. The van der Waals surface area contributed by atoms with Gasteiger partial charge in [-0.2, -0.15) is 0 Å². The van der Waals surface area contributed by atoms with Crippen LogP contribution in [0.25, 0.3) is 0 Å². The van der Waals surface area contributed by atoms with Crippen molar-refractivity contribution in [3.63, 3.8) is 0 Å². The number of carbonyl (C=O) groups is 1. The summed E-state index contributed by atoms with van der Waals surface area (Å²) in [5.74, 6) is -0.0322. The molecule has 1 N–H and O–H groups in total. The van der Waals surface area contributed by atoms with Crippen molar-refractivity contribution < 1.29 is 4.79 Å². The molecule has 5 heteroatoms. The van der Waals surface area contributed by atoms with E-state index in [9.17, 15) is 4.79 Å². The van der Waals surface area contributed by atoms with Crippen LogP contribution in [0.15, 0.2) is 66.6 Å². The molecule has 1 unspecified atom stereocenters. The Kier molecular flexibility index (Phi) is 4.12. The highest BCUT2D eigenvalue weighted by molar-refractivity contribution is 7.10. The molecule has 4 nitrogen and oxygen atoms in total. The molecule has 1 aromatic carbocycles. The number of benzene rings is 1. The minimum Gasteiger partial charge on any atom is -0.343 e. The molecule has 0 aliphatic rings. The van der Waals surface area contributed by atoms with E-state index in [0.717, 1.165) is 10.4 Å². The number of hydrogen-bond acceptors (Lipinski definition) is 3. The summed E-state index contributed by atoms with van der Waals surface area (Å²) in [5, 5.41) is 5.12. The van der Waals surface area contributed by atoms with E-state index in [4.69, 9.17) is 0 Å². The molecule has 0 fully saturated rings. The fourth-order valence-corrected chi connectivity index (χ4v) is 2.97. The molecule has 2 heterocycles. The molecule has 3 rings (SSSR count). The van der Waals surface area contributed by atoms with Crippen LogP contribution in [-0.2, 0) is 11.3 Å². The van der Waals surface area contributed by atoms with Gasteiger partial charge in [0, 0.05) is 17.3 Å². The van der Waals surface area contributed by atoms with Crippen LogP contribution in [0.3, 0.4) is 0 Å². The number of imidazole rings is 1. The molecular formula is C16H15N3OS. The smallest absolute Gasteiger partial charge is 0.240 e. The molecule has 106 valence electrons. The molecule has 0 saturated heterocycles. The van der Waals surface area contributed by atoms with Crippen LogP contribution < -0.4 is 5.32 Å². The van der Waals surface area contributed by atoms with Crippen LogP contribution in [0, 0.1) is 0 Å². The van der Waals surface area contributed by atoms with Gasteiger partial charge in [-0.15, -0.1) is 11.3 Å². The Morgan fingerprint density at radius 3 is 2.76 bits per heavy atom. The molecule has 21 heavy (non-hydrogen) atoms. The van der Waals surface area contributed by atoms with Crippen molar-refractivity contribution in [2.24, 2.45) is 0 Å². The first-order valence-electron chi connectivity index (χ1n) is 6.66. The molecule has 0 saturated carbocycles. The van der Waals surface area contributed by atoms with Gasteiger partial charge in [0.15, 0.2) is 0 Å². The summed E-state index contributed by atoms with van der Waals surface area (Å²) in [6.45, 7) is 0.273. The molecule has 3 aromatic rings. The maximum Gasteiger partial charge on any atom is 0.240 e. The fraction of sp³-hybridized carbons (Fsp3) is 0.125. The van der Waals surface area contributed by atoms with E-state index in [2.05, 4.69) is 10.3 Å². The first-order valence-corrected chi connectivity index (χ1v) is 7.54. The highest BCUT2D eigenvalue weighted by Crippen LogP contribution is 2.25. The van der Waals surface area contributed by atoms with Crippen molar-refractivity contribution in [3.05, 3.63) is 77.0 Å². The fourth-order valence-electron chi connectivity index (χ4n) is 2.17. The van der Waals surface area contributed by atoms with Crippen molar-refractivity contribution in [2.45, 2.75) is 12.6 Å². The zero-order valence-electron chi connectivity index (χ0n) is 11.3. The Morgan fingerprint density at radius 1 is 1.24 bits per heavy atom. The predicted molar refractivity (Wildman–Crippen MR) is 83.0 cm³/mol. The number of thiophene rings is 1. The average molecular weight is 297 g/mol. The van der Waals surface area contributed by atoms with Gasteiger partial charge in [0.1, 0.15) is 6.54 Å². The standard InChI is InChI=1S/C16H15N3OS/c20-15(11-19-9-8-17-12-19)18-16(14-7-4-10-21-14)13-5-2-1-3-6-13/h1-10,12,16H,11H2,(H,18,20). The van der Waals surface area contributed by atoms with E-state index in [1.807, 2.05) is 47.8 Å². The van der Waals surface area contributed by atoms with Gasteiger partial charge < -0.3 is 9.88 Å². The minimum absolute atomic E-state index is 0.0322. The SMILES string of the molecule is O=C(Cn1ccnc1)NC(c1ccccc1)c1cccs1. The third kappa shape index (κ3) is 3.38. The van der Waals surface area contributed by atoms with E-state index < -0.39 is 0 Å². The summed E-state index contributed by atoms with van der Waals surface area (Å²) >= 11 is 1.64. The van der Waals surface area contributed by atoms with E-state index in [0.29, 0.717) is 0 Å². The maximum absolute atomic E-state index is 12.2. The molecule has 2 aromatic heterocycles. The van der Waals surface area contributed by atoms with E-state index in [-0.39, 0.29) is 18.5 Å². The van der Waals surface area contributed by atoms with Gasteiger partial charge in [0.05, 0.1) is 12.4 Å². The van der Waals surface area contributed by atoms with Crippen LogP contribution in [0.5, 0.6) is 0 Å². The molecule has 1 atom stereocenters. The number of amides is 1. The average Bonchev–Trinajstić information content (AvgIpc) is 3.19. The monoisotopic (exact) mass is 297 g/mol. The predicted octanol–water partition coefficient (Wildman–Crippen LogP) is 2.85. The molecule has 0 aliphatic heterocycles. The highest BCUT2D eigenvalue weighted by Gasteiger charge is 2.17. The number of nitrogens with one attached hydrogen (secondary N) is 1. The normalized spacial score (nSPS) is 12.0. The van der Waals surface area contributed by atoms with E-state index in [1.54, 1.807) is 34.6 Å². The van der Waals surface area contributed by atoms with Crippen LogP contribution in [0.2, 0.25) is 0 Å². The highest BCUT2D eigenvalue weighted by atomic mass is 32.1. The molecule has 0 spiro atoms. The van der Waals surface area contributed by atoms with Crippen LogP contribution in [-0.4, -0.2) is 15.5 Å². The first kappa shape index (κ1) is 13.6. The lowest BCUT2D eigenvalue weighted by molar-refractivity contribution is -0.122. The minimum atomic E-state index is -0.109. The summed E-state index contributed by atoms with van der Waals surface area (Å²) in [4.78, 5) is 17.3. The Bertz CT molecular complexity index is 678. The number of hydrogen-bond donors (Lipinski definition) is 1. The molecule has 0 radical (unpaired) electrons. The van der Waals surface area contributed by atoms with Gasteiger partial charge in [0.25, 0.3) is 0 Å². The number of carbonyl (C=O) groups excluding carboxylic acids is 1. The van der Waals surface area contributed by atoms with Gasteiger partial charge in [-0.25, -0.2) is 4.98 Å². The number of nitrogens with zero attached hydrogens (tertiary/aromatic N) is 2. The molecular weight excluding hydrogens is 282 g/mol. The van der Waals surface area contributed by atoms with Crippen molar-refractivity contribution in [3.8, 4) is 0 Å². The molecule has 1 amide bonds. The van der Waals surface area contributed by atoms with Crippen molar-refractivity contribution in [2.75, 3.05) is 0 Å². The van der Waals surface area contributed by atoms with E-state index >= 15 is 0 Å². The second-order valence-electron chi connectivity index (χ2n) is 4.66. The van der Waals surface area contributed by atoms with Crippen molar-refractivity contribution in [1.82, 2.24) is 14.9 Å². The Hall–Kier alpha value is -2.40. The Morgan fingerprint density at radius 2 is 2.10 bits per heavy atom. The van der Waals surface area contributed by atoms with Gasteiger partial charge in [0.2, 0.25) is 5.91 Å². The second kappa shape index (κ2) is 6.37. The summed E-state index contributed by atoms with van der Waals surface area (Å²) < 4.78 is 1.76. The Balaban J connectivity index is 1.78. The summed E-state index contributed by atoms with van der Waals surface area (Å²) in [7, 11) is 0. The summed E-state index contributed by atoms with van der Waals surface area (Å²) in [6, 6.07) is 13.9. The first-order chi connectivity index (χ1) is 10.3. The van der Waals surface area contributed by atoms with Gasteiger partial charge >= 0.3 is 0 Å². The third-order valence-electron chi connectivity index (χ3n) is 3.15. The second-order valence-corrected chi connectivity index (χ2v) is 5.64. The number of rotatable bonds is 5. The lowest BCUT2D eigenvalue weighted by atomic mass is 10.1. The molecule has 0 aliphatic carbocycles. The van der Waals surface area contributed by atoms with Gasteiger partial charge in [-0.1, -0.05) is 36.4 Å². The summed E-state index contributed by atoms with van der Waals surface area (Å²) in [5.41, 5.74) is 1.08. The van der Waals surface area contributed by atoms with Crippen LogP contribution in [0.1, 0.15) is 16.5 Å². The van der Waals surface area contributed by atoms with Crippen LogP contribution >= 0.6 is 11.3 Å². The summed E-state index contributed by atoms with van der Waals surface area (Å²) in [6.07, 6.45) is 5.09. The van der Waals surface area contributed by atoms with Gasteiger partial charge in [-0.3, -0.25) is 4.79 Å². The van der Waals surface area contributed by atoms with Crippen molar-refractivity contribution >= 4 is 17.2 Å². The van der Waals surface area contributed by atoms with Crippen molar-refractivity contribution in [1.29, 1.82) is 0 Å². The largest absolute Gasteiger partial charge is 0.343 e. The number of aromatic nitrogens is 2. The zero-order valence-corrected chi connectivity index (χ0v) is 12.2. The quantitative estimate of drug-likeness (QED) is 0.787.